The number of carboxylic acids is 1. The van der Waals surface area contributed by atoms with Gasteiger partial charge in [0.25, 0.3) is 0 Å². The third-order valence-corrected chi connectivity index (χ3v) is 3.62. The van der Waals surface area contributed by atoms with Crippen LogP contribution in [-0.4, -0.2) is 28.2 Å². The molecule has 0 spiro atoms. The maximum Gasteiger partial charge on any atom is 0.321 e. The Bertz CT molecular complexity index is 408. The van der Waals surface area contributed by atoms with Crippen LogP contribution >= 0.6 is 11.6 Å². The number of aliphatic carboxylic acids is 1. The van der Waals surface area contributed by atoms with Crippen molar-refractivity contribution in [3.8, 4) is 0 Å². The molecular formula is C17H27ClO3. The van der Waals surface area contributed by atoms with E-state index in [4.69, 9.17) is 21.8 Å². The summed E-state index contributed by atoms with van der Waals surface area (Å²) in [6.07, 6.45) is 10.4. The monoisotopic (exact) mass is 314 g/mol. The van der Waals surface area contributed by atoms with Crippen molar-refractivity contribution in [2.45, 2.75) is 58.3 Å². The van der Waals surface area contributed by atoms with Crippen LogP contribution in [0.25, 0.3) is 0 Å². The first-order valence-electron chi connectivity index (χ1n) is 7.31. The molecule has 0 saturated carbocycles. The van der Waals surface area contributed by atoms with Gasteiger partial charge in [-0.25, -0.2) is 0 Å². The topological polar surface area (TPSA) is 57.5 Å². The second-order valence-electron chi connectivity index (χ2n) is 5.43. The van der Waals surface area contributed by atoms with Crippen molar-refractivity contribution in [2.24, 2.45) is 0 Å². The second-order valence-corrected chi connectivity index (χ2v) is 5.96. The first-order chi connectivity index (χ1) is 9.86. The number of aliphatic hydroxyl groups excluding tert-OH is 1. The van der Waals surface area contributed by atoms with E-state index in [9.17, 15) is 4.79 Å². The molecular weight excluding hydrogens is 288 g/mol. The highest BCUT2D eigenvalue weighted by Gasteiger charge is 2.10. The van der Waals surface area contributed by atoms with Gasteiger partial charge in [-0.3, -0.25) is 4.79 Å². The summed E-state index contributed by atoms with van der Waals surface area (Å²) in [6, 6.07) is 0. The molecule has 0 aliphatic heterocycles. The Labute approximate surface area is 133 Å². The molecule has 21 heavy (non-hydrogen) atoms. The Kier molecular flexibility index (Phi) is 11.0. The maximum atomic E-state index is 10.6. The molecule has 120 valence electrons. The van der Waals surface area contributed by atoms with Crippen LogP contribution in [0.4, 0.5) is 0 Å². The molecule has 0 saturated heterocycles. The summed E-state index contributed by atoms with van der Waals surface area (Å²) in [4.78, 5) is 10.6. The van der Waals surface area contributed by atoms with Crippen molar-refractivity contribution >= 4 is 17.6 Å². The fraction of sp³-hybridized carbons (Fsp3) is 0.588. The summed E-state index contributed by atoms with van der Waals surface area (Å²) in [6.45, 7) is 6.17. The summed E-state index contributed by atoms with van der Waals surface area (Å²) < 4.78 is 0. The number of halogens is 1. The van der Waals surface area contributed by atoms with E-state index in [1.807, 2.05) is 19.9 Å². The van der Waals surface area contributed by atoms with Gasteiger partial charge >= 0.3 is 5.97 Å². The highest BCUT2D eigenvalue weighted by Crippen LogP contribution is 2.13. The van der Waals surface area contributed by atoms with Crippen LogP contribution in [0.3, 0.4) is 0 Å². The van der Waals surface area contributed by atoms with E-state index in [0.29, 0.717) is 6.42 Å². The summed E-state index contributed by atoms with van der Waals surface area (Å²) >= 11 is 5.66. The number of rotatable bonds is 10. The van der Waals surface area contributed by atoms with E-state index in [-0.39, 0.29) is 6.61 Å². The Hall–Kier alpha value is -1.06. The Morgan fingerprint density at radius 1 is 1.00 bits per heavy atom. The summed E-state index contributed by atoms with van der Waals surface area (Å²) in [5.41, 5.74) is 3.52. The second kappa shape index (κ2) is 11.6. The lowest BCUT2D eigenvalue weighted by atomic mass is 10.1. The van der Waals surface area contributed by atoms with Gasteiger partial charge < -0.3 is 10.2 Å². The van der Waals surface area contributed by atoms with Crippen molar-refractivity contribution < 1.29 is 15.0 Å². The van der Waals surface area contributed by atoms with Crippen LogP contribution < -0.4 is 0 Å². The summed E-state index contributed by atoms with van der Waals surface area (Å²) in [5, 5.41) is 16.7. The molecule has 0 amide bonds. The minimum absolute atomic E-state index is 0.130. The summed E-state index contributed by atoms with van der Waals surface area (Å²) in [5.74, 6) is -0.970. The SMILES string of the molecule is C/C(=C\CC/C(C)=C/CC/C(C)=C/CC(Cl)C(=O)O)CO. The first-order valence-corrected chi connectivity index (χ1v) is 7.75. The zero-order valence-corrected chi connectivity index (χ0v) is 14.0. The predicted molar refractivity (Wildman–Crippen MR) is 88.7 cm³/mol. The Morgan fingerprint density at radius 2 is 1.48 bits per heavy atom. The lowest BCUT2D eigenvalue weighted by Crippen LogP contribution is -2.11. The number of alkyl halides is 1. The molecule has 2 N–H and O–H groups in total. The molecule has 3 nitrogen and oxygen atoms in total. The third kappa shape index (κ3) is 11.3. The van der Waals surface area contributed by atoms with E-state index < -0.39 is 11.3 Å². The van der Waals surface area contributed by atoms with Gasteiger partial charge in [0.1, 0.15) is 5.38 Å². The molecule has 0 aromatic heterocycles. The highest BCUT2D eigenvalue weighted by molar-refractivity contribution is 6.29. The molecule has 0 bridgehead atoms. The van der Waals surface area contributed by atoms with Crippen LogP contribution in [0.1, 0.15) is 52.9 Å². The van der Waals surface area contributed by atoms with Gasteiger partial charge in [-0.2, -0.15) is 0 Å². The van der Waals surface area contributed by atoms with E-state index in [1.165, 1.54) is 11.1 Å². The lowest BCUT2D eigenvalue weighted by Gasteiger charge is -2.03. The van der Waals surface area contributed by atoms with Crippen molar-refractivity contribution in [3.05, 3.63) is 34.9 Å². The van der Waals surface area contributed by atoms with E-state index >= 15 is 0 Å². The van der Waals surface area contributed by atoms with E-state index in [2.05, 4.69) is 19.1 Å². The molecule has 0 aliphatic carbocycles. The van der Waals surface area contributed by atoms with Gasteiger partial charge in [0, 0.05) is 0 Å². The normalized spacial score (nSPS) is 15.2. The van der Waals surface area contributed by atoms with Gasteiger partial charge in [0.2, 0.25) is 0 Å². The number of allylic oxidation sites excluding steroid dienone is 5. The Balaban J connectivity index is 4.02. The van der Waals surface area contributed by atoms with Crippen molar-refractivity contribution in [3.63, 3.8) is 0 Å². The third-order valence-electron chi connectivity index (χ3n) is 3.25. The summed E-state index contributed by atoms with van der Waals surface area (Å²) in [7, 11) is 0. The number of carbonyl (C=O) groups is 1. The molecule has 0 rings (SSSR count). The quantitative estimate of drug-likeness (QED) is 0.462. The van der Waals surface area contributed by atoms with Crippen molar-refractivity contribution in [2.75, 3.05) is 6.61 Å². The maximum absolute atomic E-state index is 10.6. The fourth-order valence-corrected chi connectivity index (χ4v) is 1.86. The molecule has 0 aromatic carbocycles. The number of hydrogen-bond donors (Lipinski definition) is 2. The van der Waals surface area contributed by atoms with Gasteiger partial charge in [-0.15, -0.1) is 11.6 Å². The number of hydrogen-bond acceptors (Lipinski definition) is 2. The highest BCUT2D eigenvalue weighted by atomic mass is 35.5. The average molecular weight is 315 g/mol. The fourth-order valence-electron chi connectivity index (χ4n) is 1.77. The van der Waals surface area contributed by atoms with Gasteiger partial charge in [-0.1, -0.05) is 34.9 Å². The molecule has 0 heterocycles. The van der Waals surface area contributed by atoms with E-state index in [0.717, 1.165) is 31.3 Å². The first kappa shape index (κ1) is 19.9. The van der Waals surface area contributed by atoms with Crippen molar-refractivity contribution in [1.82, 2.24) is 0 Å². The number of aliphatic hydroxyl groups is 1. The zero-order valence-electron chi connectivity index (χ0n) is 13.2. The van der Waals surface area contributed by atoms with Crippen LogP contribution in [0, 0.1) is 0 Å². The molecule has 1 atom stereocenters. The standard InChI is InChI=1S/C17H27ClO3/c1-13(7-5-9-15(3)12-19)6-4-8-14(2)10-11-16(18)17(20)21/h6,9-10,16,19H,4-5,7-8,11-12H2,1-3H3,(H,20,21)/b13-6+,14-10+,15-9+. The van der Waals surface area contributed by atoms with Crippen LogP contribution in [0.15, 0.2) is 34.9 Å². The number of carboxylic acid groups (broad SMARTS) is 1. The average Bonchev–Trinajstić information content (AvgIpc) is 2.44. The zero-order chi connectivity index (χ0) is 16.3. The molecule has 0 fully saturated rings. The molecule has 0 aromatic rings. The van der Waals surface area contributed by atoms with Gasteiger partial charge in [0.05, 0.1) is 6.61 Å². The molecule has 0 radical (unpaired) electrons. The van der Waals surface area contributed by atoms with Crippen LogP contribution in [0.5, 0.6) is 0 Å². The minimum Gasteiger partial charge on any atom is -0.480 e. The Morgan fingerprint density at radius 3 is 1.95 bits per heavy atom. The van der Waals surface area contributed by atoms with E-state index in [1.54, 1.807) is 0 Å². The smallest absolute Gasteiger partial charge is 0.321 e. The molecule has 4 heteroatoms. The van der Waals surface area contributed by atoms with Crippen LogP contribution in [-0.2, 0) is 4.79 Å². The minimum atomic E-state index is -0.970. The van der Waals surface area contributed by atoms with Gasteiger partial charge in [-0.05, 0) is 52.9 Å². The molecule has 1 unspecified atom stereocenters. The van der Waals surface area contributed by atoms with Crippen LogP contribution in [0.2, 0.25) is 0 Å². The lowest BCUT2D eigenvalue weighted by molar-refractivity contribution is -0.136. The van der Waals surface area contributed by atoms with Gasteiger partial charge in [0.15, 0.2) is 0 Å². The van der Waals surface area contributed by atoms with Crippen molar-refractivity contribution in [1.29, 1.82) is 0 Å². The predicted octanol–water partition coefficient (Wildman–Crippen LogP) is 4.46. The molecule has 0 aliphatic rings. The largest absolute Gasteiger partial charge is 0.480 e.